The van der Waals surface area contributed by atoms with Crippen LogP contribution in [0.2, 0.25) is 0 Å². The average Bonchev–Trinajstić information content (AvgIpc) is 2.68. The summed E-state index contributed by atoms with van der Waals surface area (Å²) in [4.78, 5) is 0. The second kappa shape index (κ2) is 10.2. The third kappa shape index (κ3) is 5.68. The molecule has 28 heavy (non-hydrogen) atoms. The number of alkyl halides is 2. The van der Waals surface area contributed by atoms with Gasteiger partial charge in [0.1, 0.15) is 0 Å². The Kier molecular flexibility index (Phi) is 8.18. The summed E-state index contributed by atoms with van der Waals surface area (Å²) in [7, 11) is 0. The van der Waals surface area contributed by atoms with E-state index in [1.165, 1.54) is 38.5 Å². The van der Waals surface area contributed by atoms with E-state index in [1.54, 1.807) is 0 Å². The Morgan fingerprint density at radius 1 is 0.929 bits per heavy atom. The summed E-state index contributed by atoms with van der Waals surface area (Å²) in [6.45, 7) is 9.56. The molecule has 3 aliphatic rings. The molecule has 0 bridgehead atoms. The van der Waals surface area contributed by atoms with Gasteiger partial charge in [-0.3, -0.25) is 0 Å². The van der Waals surface area contributed by atoms with Crippen LogP contribution in [0.4, 0.5) is 8.78 Å². The fourth-order valence-corrected chi connectivity index (χ4v) is 5.64. The lowest BCUT2D eigenvalue weighted by molar-refractivity contribution is -0.181. The largest absolute Gasteiger partial charge is 0.375 e. The summed E-state index contributed by atoms with van der Waals surface area (Å²) in [6, 6.07) is 0. The number of halogens is 2. The molecule has 1 saturated heterocycles. The van der Waals surface area contributed by atoms with Crippen LogP contribution in [0, 0.1) is 29.6 Å². The van der Waals surface area contributed by atoms with Gasteiger partial charge >= 0.3 is 0 Å². The van der Waals surface area contributed by atoms with Crippen molar-refractivity contribution in [1.82, 2.24) is 0 Å². The summed E-state index contributed by atoms with van der Waals surface area (Å²) in [5.74, 6) is 3.04. The van der Waals surface area contributed by atoms with Crippen LogP contribution in [0.15, 0.2) is 0 Å². The molecule has 164 valence electrons. The van der Waals surface area contributed by atoms with Gasteiger partial charge in [0, 0.05) is 6.61 Å². The van der Waals surface area contributed by atoms with Crippen LogP contribution >= 0.6 is 0 Å². The van der Waals surface area contributed by atoms with Gasteiger partial charge in [0.25, 0.3) is 0 Å². The van der Waals surface area contributed by atoms with Gasteiger partial charge in [-0.25, -0.2) is 8.78 Å². The topological polar surface area (TPSA) is 18.5 Å². The summed E-state index contributed by atoms with van der Waals surface area (Å²) in [6.07, 6.45) is 5.81. The lowest BCUT2D eigenvalue weighted by Crippen LogP contribution is -2.54. The molecular weight excluding hydrogens is 358 g/mol. The van der Waals surface area contributed by atoms with Crippen LogP contribution in [0.5, 0.6) is 0 Å². The minimum absolute atomic E-state index is 0.0438. The molecule has 1 aliphatic heterocycles. The molecule has 3 rings (SSSR count). The molecule has 1 heterocycles. The fraction of sp³-hybridized carbons (Fsp3) is 1.00. The maximum atomic E-state index is 14.6. The Labute approximate surface area is 171 Å². The normalized spacial score (nSPS) is 43.0. The minimum atomic E-state index is -1.54. The highest BCUT2D eigenvalue weighted by Gasteiger charge is 2.49. The smallest absolute Gasteiger partial charge is 0.160 e. The molecule has 2 aliphatic carbocycles. The molecule has 7 atom stereocenters. The van der Waals surface area contributed by atoms with Crippen molar-refractivity contribution >= 4 is 0 Å². The predicted octanol–water partition coefficient (Wildman–Crippen LogP) is 6.51. The van der Waals surface area contributed by atoms with E-state index in [0.717, 1.165) is 30.6 Å². The van der Waals surface area contributed by atoms with E-state index in [4.69, 9.17) is 9.47 Å². The third-order valence-corrected chi connectivity index (χ3v) is 7.75. The molecule has 0 spiro atoms. The first-order valence-electron chi connectivity index (χ1n) is 11.9. The van der Waals surface area contributed by atoms with E-state index in [-0.39, 0.29) is 12.0 Å². The highest BCUT2D eigenvalue weighted by Crippen LogP contribution is 2.41. The first-order valence-corrected chi connectivity index (χ1v) is 11.9. The van der Waals surface area contributed by atoms with Gasteiger partial charge in [0.2, 0.25) is 0 Å². The van der Waals surface area contributed by atoms with Gasteiger partial charge in [-0.1, -0.05) is 33.6 Å². The maximum Gasteiger partial charge on any atom is 0.160 e. The zero-order valence-electron chi connectivity index (χ0n) is 18.4. The van der Waals surface area contributed by atoms with Crippen molar-refractivity contribution in [2.45, 2.75) is 116 Å². The number of hydrogen-bond acceptors (Lipinski definition) is 2. The monoisotopic (exact) mass is 400 g/mol. The second-order valence-electron chi connectivity index (χ2n) is 10.5. The van der Waals surface area contributed by atoms with Crippen molar-refractivity contribution in [2.75, 3.05) is 6.61 Å². The Bertz CT molecular complexity index is 462. The van der Waals surface area contributed by atoms with Gasteiger partial charge in [-0.05, 0) is 81.5 Å². The molecule has 2 nitrogen and oxygen atoms in total. The number of rotatable bonds is 7. The summed E-state index contributed by atoms with van der Waals surface area (Å²) < 4.78 is 40.9. The Hall–Kier alpha value is -0.220. The van der Waals surface area contributed by atoms with Crippen molar-refractivity contribution in [3.05, 3.63) is 0 Å². The van der Waals surface area contributed by atoms with Crippen molar-refractivity contribution in [3.8, 4) is 0 Å². The van der Waals surface area contributed by atoms with Crippen LogP contribution in [0.25, 0.3) is 0 Å². The molecule has 0 aromatic rings. The van der Waals surface area contributed by atoms with E-state index in [2.05, 4.69) is 20.8 Å². The van der Waals surface area contributed by atoms with E-state index in [1.807, 2.05) is 6.92 Å². The molecule has 0 N–H and O–H groups in total. The first kappa shape index (κ1) is 22.5. The predicted molar refractivity (Wildman–Crippen MR) is 110 cm³/mol. The Morgan fingerprint density at radius 2 is 1.64 bits per heavy atom. The van der Waals surface area contributed by atoms with Crippen LogP contribution in [0.3, 0.4) is 0 Å². The molecule has 0 aromatic carbocycles. The van der Waals surface area contributed by atoms with E-state index in [0.29, 0.717) is 18.9 Å². The fourth-order valence-electron chi connectivity index (χ4n) is 5.64. The van der Waals surface area contributed by atoms with Crippen molar-refractivity contribution in [3.63, 3.8) is 0 Å². The van der Waals surface area contributed by atoms with Gasteiger partial charge in [-0.15, -0.1) is 0 Å². The van der Waals surface area contributed by atoms with Crippen LogP contribution in [-0.2, 0) is 9.47 Å². The molecule has 0 radical (unpaired) electrons. The molecule has 0 aromatic heterocycles. The quantitative estimate of drug-likeness (QED) is 0.485. The van der Waals surface area contributed by atoms with Crippen molar-refractivity contribution in [1.29, 1.82) is 0 Å². The lowest BCUT2D eigenvalue weighted by Gasteiger charge is -2.44. The van der Waals surface area contributed by atoms with Crippen LogP contribution in [0.1, 0.15) is 85.5 Å². The van der Waals surface area contributed by atoms with E-state index < -0.39 is 24.6 Å². The van der Waals surface area contributed by atoms with Gasteiger partial charge in [0.15, 0.2) is 12.3 Å². The minimum Gasteiger partial charge on any atom is -0.375 e. The molecule has 0 amide bonds. The van der Waals surface area contributed by atoms with E-state index >= 15 is 0 Å². The summed E-state index contributed by atoms with van der Waals surface area (Å²) in [5, 5.41) is 0. The van der Waals surface area contributed by atoms with Gasteiger partial charge in [-0.2, -0.15) is 0 Å². The van der Waals surface area contributed by atoms with Gasteiger partial charge < -0.3 is 9.47 Å². The second-order valence-corrected chi connectivity index (χ2v) is 10.5. The van der Waals surface area contributed by atoms with Crippen molar-refractivity contribution in [2.24, 2.45) is 29.6 Å². The lowest BCUT2D eigenvalue weighted by atomic mass is 9.74. The SMILES string of the molecule is CC(C)CCC(C)C1CCC(COC2CC3CCC(C)OC3C(F)C2F)CC1. The number of fused-ring (bicyclic) bond motifs is 1. The molecule has 4 heteroatoms. The molecule has 3 fully saturated rings. The zero-order valence-corrected chi connectivity index (χ0v) is 18.4. The molecular formula is C24H42F2O2. The summed E-state index contributed by atoms with van der Waals surface area (Å²) in [5.41, 5.74) is 0. The third-order valence-electron chi connectivity index (χ3n) is 7.75. The Balaban J connectivity index is 1.40. The van der Waals surface area contributed by atoms with Crippen LogP contribution in [-0.4, -0.2) is 37.3 Å². The standard InChI is InChI=1S/C24H42F2O2/c1-15(2)5-6-16(3)19-11-8-18(9-12-19)14-27-21-13-20-10-7-17(4)28-24(20)23(26)22(21)25/h15-24H,5-14H2,1-4H3. The number of hydrogen-bond donors (Lipinski definition) is 0. The molecule has 7 unspecified atom stereocenters. The maximum absolute atomic E-state index is 14.6. The van der Waals surface area contributed by atoms with Gasteiger partial charge in [0.05, 0.1) is 18.3 Å². The van der Waals surface area contributed by atoms with Crippen molar-refractivity contribution < 1.29 is 18.3 Å². The highest BCUT2D eigenvalue weighted by molar-refractivity contribution is 4.97. The number of ether oxygens (including phenoxy) is 2. The van der Waals surface area contributed by atoms with E-state index in [9.17, 15) is 8.78 Å². The Morgan fingerprint density at radius 3 is 2.32 bits per heavy atom. The zero-order chi connectivity index (χ0) is 20.3. The first-order chi connectivity index (χ1) is 13.3. The summed E-state index contributed by atoms with van der Waals surface area (Å²) >= 11 is 0. The average molecular weight is 401 g/mol. The van der Waals surface area contributed by atoms with Crippen LogP contribution < -0.4 is 0 Å². The molecule has 2 saturated carbocycles. The highest BCUT2D eigenvalue weighted by atomic mass is 19.2.